The summed E-state index contributed by atoms with van der Waals surface area (Å²) in [7, 11) is 3.43. The molecule has 2 aromatic rings. The van der Waals surface area contributed by atoms with Crippen LogP contribution in [-0.4, -0.2) is 37.6 Å². The van der Waals surface area contributed by atoms with Crippen molar-refractivity contribution in [3.05, 3.63) is 59.7 Å². The summed E-state index contributed by atoms with van der Waals surface area (Å²) in [6.45, 7) is 7.06. The molecule has 0 aromatic heterocycles. The molecular weight excluding hydrogens is 340 g/mol. The highest BCUT2D eigenvalue weighted by Gasteiger charge is 2.19. The fourth-order valence-corrected chi connectivity index (χ4v) is 2.76. The topological polar surface area (TPSA) is 50.8 Å². The van der Waals surface area contributed by atoms with Gasteiger partial charge in [-0.25, -0.2) is 0 Å². The number of nitrogens with one attached hydrogen (secondary N) is 1. The van der Waals surface area contributed by atoms with Gasteiger partial charge in [0.15, 0.2) is 17.6 Å². The molecule has 0 saturated heterocycles. The number of likely N-dealkylation sites (N-methyl/N-ethyl adjacent to an activating group) is 1. The van der Waals surface area contributed by atoms with Crippen LogP contribution in [0.25, 0.3) is 0 Å². The highest BCUT2D eigenvalue weighted by atomic mass is 16.5. The van der Waals surface area contributed by atoms with Crippen LogP contribution < -0.4 is 14.8 Å². The summed E-state index contributed by atoms with van der Waals surface area (Å²) in [5, 5.41) is 3.52. The molecule has 2 unspecified atom stereocenters. The van der Waals surface area contributed by atoms with Gasteiger partial charge in [0.1, 0.15) is 0 Å². The quantitative estimate of drug-likeness (QED) is 0.730. The minimum atomic E-state index is -0.568. The van der Waals surface area contributed by atoms with Gasteiger partial charge >= 0.3 is 0 Å². The maximum Gasteiger partial charge on any atom is 0.262 e. The zero-order chi connectivity index (χ0) is 19.8. The summed E-state index contributed by atoms with van der Waals surface area (Å²) >= 11 is 0. The molecule has 0 radical (unpaired) electrons. The molecule has 0 spiro atoms. The molecule has 2 atom stereocenters. The van der Waals surface area contributed by atoms with Crippen LogP contribution in [0.1, 0.15) is 37.9 Å². The molecule has 0 saturated carbocycles. The zero-order valence-corrected chi connectivity index (χ0v) is 16.9. The van der Waals surface area contributed by atoms with Gasteiger partial charge in [-0.3, -0.25) is 4.79 Å². The lowest BCUT2D eigenvalue weighted by Crippen LogP contribution is -2.35. The van der Waals surface area contributed by atoms with E-state index in [2.05, 4.69) is 24.4 Å². The van der Waals surface area contributed by atoms with Crippen LogP contribution in [0, 0.1) is 0 Å². The van der Waals surface area contributed by atoms with Gasteiger partial charge in [-0.15, -0.1) is 0 Å². The predicted molar refractivity (Wildman–Crippen MR) is 108 cm³/mol. The largest absolute Gasteiger partial charge is 0.490 e. The molecular formula is C22H30N2O3. The third kappa shape index (κ3) is 6.00. The summed E-state index contributed by atoms with van der Waals surface area (Å²) in [6.07, 6.45) is -0.568. The van der Waals surface area contributed by atoms with Gasteiger partial charge in [0.05, 0.1) is 6.61 Å². The molecule has 146 valence electrons. The minimum Gasteiger partial charge on any atom is -0.490 e. The maximum absolute atomic E-state index is 12.0. The van der Waals surface area contributed by atoms with E-state index in [0.29, 0.717) is 24.7 Å². The Bertz CT molecular complexity index is 732. The van der Waals surface area contributed by atoms with Crippen molar-refractivity contribution in [1.82, 2.24) is 10.2 Å². The SMILES string of the molecule is CCOc1cc(CNC(C)c2ccccc2)ccc1OC(C)C(=O)N(C)C. The molecule has 5 nitrogen and oxygen atoms in total. The molecule has 0 heterocycles. The van der Waals surface area contributed by atoms with Crippen molar-refractivity contribution in [3.8, 4) is 11.5 Å². The molecule has 1 amide bonds. The number of hydrogen-bond acceptors (Lipinski definition) is 4. The first-order chi connectivity index (χ1) is 12.9. The van der Waals surface area contributed by atoms with Gasteiger partial charge in [0, 0.05) is 26.7 Å². The molecule has 0 aliphatic carbocycles. The molecule has 2 aromatic carbocycles. The predicted octanol–water partition coefficient (Wildman–Crippen LogP) is 3.79. The number of carbonyl (C=O) groups is 1. The summed E-state index contributed by atoms with van der Waals surface area (Å²) in [5.41, 5.74) is 2.35. The Kier molecular flexibility index (Phi) is 7.67. The standard InChI is InChI=1S/C22H30N2O3/c1-6-26-21-14-18(15-23-16(2)19-10-8-7-9-11-19)12-13-20(21)27-17(3)22(25)24(4)5/h7-14,16-17,23H,6,15H2,1-5H3. The Morgan fingerprint density at radius 3 is 2.41 bits per heavy atom. The molecule has 0 bridgehead atoms. The smallest absolute Gasteiger partial charge is 0.262 e. The molecule has 0 aliphatic heterocycles. The van der Waals surface area contributed by atoms with E-state index in [-0.39, 0.29) is 11.9 Å². The first kappa shape index (κ1) is 20.8. The van der Waals surface area contributed by atoms with Gasteiger partial charge in [-0.2, -0.15) is 0 Å². The van der Waals surface area contributed by atoms with Crippen molar-refractivity contribution in [1.29, 1.82) is 0 Å². The Morgan fingerprint density at radius 2 is 1.78 bits per heavy atom. The molecule has 0 fully saturated rings. The summed E-state index contributed by atoms with van der Waals surface area (Å²) in [4.78, 5) is 13.6. The fourth-order valence-electron chi connectivity index (χ4n) is 2.76. The second-order valence-electron chi connectivity index (χ2n) is 6.72. The molecule has 0 aliphatic rings. The first-order valence-corrected chi connectivity index (χ1v) is 9.34. The number of hydrogen-bond donors (Lipinski definition) is 1. The van der Waals surface area contributed by atoms with Crippen LogP contribution in [0.15, 0.2) is 48.5 Å². The van der Waals surface area contributed by atoms with Gasteiger partial charge in [0.2, 0.25) is 0 Å². The monoisotopic (exact) mass is 370 g/mol. The Labute approximate surface area is 162 Å². The van der Waals surface area contributed by atoms with Crippen molar-refractivity contribution in [2.24, 2.45) is 0 Å². The molecule has 2 rings (SSSR count). The van der Waals surface area contributed by atoms with Gasteiger partial charge < -0.3 is 19.7 Å². The Balaban J connectivity index is 2.06. The van der Waals surface area contributed by atoms with Crippen LogP contribution in [0.2, 0.25) is 0 Å². The number of amides is 1. The normalized spacial score (nSPS) is 12.9. The van der Waals surface area contributed by atoms with Crippen molar-refractivity contribution in [2.45, 2.75) is 39.5 Å². The zero-order valence-electron chi connectivity index (χ0n) is 16.9. The molecule has 1 N–H and O–H groups in total. The lowest BCUT2D eigenvalue weighted by atomic mass is 10.1. The van der Waals surface area contributed by atoms with E-state index >= 15 is 0 Å². The number of benzene rings is 2. The third-order valence-electron chi connectivity index (χ3n) is 4.31. The fraction of sp³-hybridized carbons (Fsp3) is 0.409. The van der Waals surface area contributed by atoms with Crippen LogP contribution in [0.5, 0.6) is 11.5 Å². The van der Waals surface area contributed by atoms with E-state index in [1.165, 1.54) is 10.5 Å². The average molecular weight is 370 g/mol. The second kappa shape index (κ2) is 9.97. The second-order valence-corrected chi connectivity index (χ2v) is 6.72. The number of rotatable bonds is 9. The van der Waals surface area contributed by atoms with E-state index in [1.54, 1.807) is 21.0 Å². The van der Waals surface area contributed by atoms with E-state index in [9.17, 15) is 4.79 Å². The van der Waals surface area contributed by atoms with Crippen LogP contribution in [0.3, 0.4) is 0 Å². The molecule has 5 heteroatoms. The molecule has 27 heavy (non-hydrogen) atoms. The number of nitrogens with zero attached hydrogens (tertiary/aromatic N) is 1. The summed E-state index contributed by atoms with van der Waals surface area (Å²) in [6, 6.07) is 16.4. The van der Waals surface area contributed by atoms with Crippen LogP contribution in [0.4, 0.5) is 0 Å². The minimum absolute atomic E-state index is 0.0834. The first-order valence-electron chi connectivity index (χ1n) is 9.34. The van der Waals surface area contributed by atoms with Gasteiger partial charge in [-0.05, 0) is 44.0 Å². The van der Waals surface area contributed by atoms with E-state index in [1.807, 2.05) is 43.3 Å². The van der Waals surface area contributed by atoms with Crippen molar-refractivity contribution < 1.29 is 14.3 Å². The number of ether oxygens (including phenoxy) is 2. The highest BCUT2D eigenvalue weighted by molar-refractivity contribution is 5.80. The lowest BCUT2D eigenvalue weighted by Gasteiger charge is -2.20. The Morgan fingerprint density at radius 1 is 1.07 bits per heavy atom. The lowest BCUT2D eigenvalue weighted by molar-refractivity contribution is -0.135. The highest BCUT2D eigenvalue weighted by Crippen LogP contribution is 2.30. The summed E-state index contributed by atoms with van der Waals surface area (Å²) in [5.74, 6) is 1.15. The van der Waals surface area contributed by atoms with Gasteiger partial charge in [-0.1, -0.05) is 36.4 Å². The van der Waals surface area contributed by atoms with E-state index in [0.717, 1.165) is 5.56 Å². The maximum atomic E-state index is 12.0. The van der Waals surface area contributed by atoms with Crippen LogP contribution in [-0.2, 0) is 11.3 Å². The van der Waals surface area contributed by atoms with Crippen molar-refractivity contribution in [3.63, 3.8) is 0 Å². The van der Waals surface area contributed by atoms with Crippen molar-refractivity contribution >= 4 is 5.91 Å². The third-order valence-corrected chi connectivity index (χ3v) is 4.31. The Hall–Kier alpha value is -2.53. The van der Waals surface area contributed by atoms with E-state index < -0.39 is 6.10 Å². The van der Waals surface area contributed by atoms with E-state index in [4.69, 9.17) is 9.47 Å². The van der Waals surface area contributed by atoms with Crippen molar-refractivity contribution in [2.75, 3.05) is 20.7 Å². The van der Waals surface area contributed by atoms with Crippen LogP contribution >= 0.6 is 0 Å². The summed E-state index contributed by atoms with van der Waals surface area (Å²) < 4.78 is 11.6. The number of carbonyl (C=O) groups excluding carboxylic acids is 1. The van der Waals surface area contributed by atoms with Gasteiger partial charge in [0.25, 0.3) is 5.91 Å². The average Bonchev–Trinajstić information content (AvgIpc) is 2.67.